The molecule has 31 heavy (non-hydrogen) atoms. The SMILES string of the molecule is CC(C)(C)OC(=O)NCc1ccc(C(=O)N2CCc3c(sc4ncnc(N)c34)C2)cc1. The summed E-state index contributed by atoms with van der Waals surface area (Å²) >= 11 is 1.57. The van der Waals surface area contributed by atoms with E-state index in [0.29, 0.717) is 31.0 Å². The van der Waals surface area contributed by atoms with Crippen LogP contribution in [0.4, 0.5) is 10.6 Å². The summed E-state index contributed by atoms with van der Waals surface area (Å²) in [5.74, 6) is 0.478. The molecule has 0 saturated carbocycles. The number of aromatic nitrogens is 2. The van der Waals surface area contributed by atoms with Crippen molar-refractivity contribution < 1.29 is 14.3 Å². The van der Waals surface area contributed by atoms with E-state index in [1.165, 1.54) is 6.33 Å². The van der Waals surface area contributed by atoms with Gasteiger partial charge in [-0.15, -0.1) is 11.3 Å². The van der Waals surface area contributed by atoms with Crippen LogP contribution >= 0.6 is 11.3 Å². The number of carbonyl (C=O) groups excluding carboxylic acids is 2. The van der Waals surface area contributed by atoms with E-state index in [1.807, 2.05) is 37.8 Å². The van der Waals surface area contributed by atoms with E-state index in [1.54, 1.807) is 23.5 Å². The minimum absolute atomic E-state index is 0.0196. The maximum atomic E-state index is 13.0. The van der Waals surface area contributed by atoms with Gasteiger partial charge in [0.25, 0.3) is 5.91 Å². The van der Waals surface area contributed by atoms with Crippen molar-refractivity contribution in [1.29, 1.82) is 0 Å². The number of nitrogen functional groups attached to an aromatic ring is 1. The lowest BCUT2D eigenvalue weighted by molar-refractivity contribution is 0.0523. The molecule has 0 aliphatic carbocycles. The van der Waals surface area contributed by atoms with Crippen molar-refractivity contribution in [3.63, 3.8) is 0 Å². The molecule has 0 radical (unpaired) electrons. The average molecular weight is 440 g/mol. The smallest absolute Gasteiger partial charge is 0.407 e. The van der Waals surface area contributed by atoms with E-state index < -0.39 is 11.7 Å². The first kappa shape index (κ1) is 21.0. The van der Waals surface area contributed by atoms with E-state index in [9.17, 15) is 9.59 Å². The second-order valence-corrected chi connectivity index (χ2v) is 9.56. The van der Waals surface area contributed by atoms with E-state index in [-0.39, 0.29) is 5.91 Å². The lowest BCUT2D eigenvalue weighted by atomic mass is 10.0. The van der Waals surface area contributed by atoms with Crippen molar-refractivity contribution >= 4 is 39.4 Å². The largest absolute Gasteiger partial charge is 0.444 e. The fourth-order valence-corrected chi connectivity index (χ4v) is 4.77. The molecule has 8 nitrogen and oxygen atoms in total. The number of ether oxygens (including phenoxy) is 1. The summed E-state index contributed by atoms with van der Waals surface area (Å²) in [6.07, 6.45) is 1.74. The second kappa shape index (κ2) is 8.14. The minimum Gasteiger partial charge on any atom is -0.444 e. The third kappa shape index (κ3) is 4.61. The van der Waals surface area contributed by atoms with Crippen molar-refractivity contribution in [3.05, 3.63) is 52.2 Å². The highest BCUT2D eigenvalue weighted by atomic mass is 32.1. The second-order valence-electron chi connectivity index (χ2n) is 8.47. The van der Waals surface area contributed by atoms with Crippen molar-refractivity contribution in [3.8, 4) is 0 Å². The number of carbonyl (C=O) groups is 2. The van der Waals surface area contributed by atoms with E-state index in [0.717, 1.165) is 32.6 Å². The zero-order valence-corrected chi connectivity index (χ0v) is 18.6. The maximum absolute atomic E-state index is 13.0. The summed E-state index contributed by atoms with van der Waals surface area (Å²) < 4.78 is 5.23. The fourth-order valence-electron chi connectivity index (χ4n) is 3.56. The van der Waals surface area contributed by atoms with Crippen LogP contribution in [0.5, 0.6) is 0 Å². The van der Waals surface area contributed by atoms with Gasteiger partial charge in [0.2, 0.25) is 0 Å². The number of anilines is 1. The Balaban J connectivity index is 1.41. The molecule has 4 rings (SSSR count). The number of rotatable bonds is 3. The molecule has 0 atom stereocenters. The monoisotopic (exact) mass is 439 g/mol. The zero-order valence-electron chi connectivity index (χ0n) is 17.8. The van der Waals surface area contributed by atoms with E-state index in [4.69, 9.17) is 10.5 Å². The number of hydrogen-bond acceptors (Lipinski definition) is 7. The molecule has 1 aromatic carbocycles. The first-order chi connectivity index (χ1) is 14.7. The summed E-state index contributed by atoms with van der Waals surface area (Å²) in [5, 5.41) is 3.65. The summed E-state index contributed by atoms with van der Waals surface area (Å²) in [6, 6.07) is 7.27. The summed E-state index contributed by atoms with van der Waals surface area (Å²) in [4.78, 5) is 37.0. The Kier molecular flexibility index (Phi) is 5.53. The Morgan fingerprint density at radius 3 is 2.68 bits per heavy atom. The predicted octanol–water partition coefficient (Wildman–Crippen LogP) is 3.50. The zero-order chi connectivity index (χ0) is 22.2. The molecule has 3 aromatic rings. The Labute approximate surface area is 184 Å². The van der Waals surface area contributed by atoms with Crippen LogP contribution in [0, 0.1) is 0 Å². The lowest BCUT2D eigenvalue weighted by Crippen LogP contribution is -2.35. The first-order valence-corrected chi connectivity index (χ1v) is 10.9. The van der Waals surface area contributed by atoms with Gasteiger partial charge in [0.05, 0.1) is 11.9 Å². The van der Waals surface area contributed by atoms with Gasteiger partial charge in [-0.3, -0.25) is 4.79 Å². The molecule has 0 saturated heterocycles. The third-order valence-corrected chi connectivity index (χ3v) is 6.11. The number of nitrogens with zero attached hydrogens (tertiary/aromatic N) is 3. The average Bonchev–Trinajstić information content (AvgIpc) is 3.10. The third-order valence-electron chi connectivity index (χ3n) is 4.99. The molecule has 1 aliphatic rings. The first-order valence-electron chi connectivity index (χ1n) is 10.1. The van der Waals surface area contributed by atoms with Crippen LogP contribution in [0.3, 0.4) is 0 Å². The molecule has 0 bridgehead atoms. The standard InChI is InChI=1S/C22H25N5O3S/c1-22(2,3)30-21(29)24-10-13-4-6-14(7-5-13)20(28)27-9-8-15-16(11-27)31-19-17(15)18(23)25-12-26-19/h4-7,12H,8-11H2,1-3H3,(H,24,29)(H2,23,25,26). The van der Waals surface area contributed by atoms with Gasteiger partial charge in [0.1, 0.15) is 22.6 Å². The van der Waals surface area contributed by atoms with Crippen LogP contribution in [-0.4, -0.2) is 39.0 Å². The number of alkyl carbamates (subject to hydrolysis) is 1. The highest BCUT2D eigenvalue weighted by Crippen LogP contribution is 2.36. The number of amides is 2. The van der Waals surface area contributed by atoms with Crippen LogP contribution in [0.2, 0.25) is 0 Å². The normalized spacial score (nSPS) is 13.7. The van der Waals surface area contributed by atoms with Crippen molar-refractivity contribution in [1.82, 2.24) is 20.2 Å². The number of fused-ring (bicyclic) bond motifs is 3. The molecule has 9 heteroatoms. The Hall–Kier alpha value is -3.20. The topological polar surface area (TPSA) is 110 Å². The Morgan fingerprint density at radius 2 is 1.97 bits per heavy atom. The number of thiophene rings is 1. The molecule has 162 valence electrons. The molecular weight excluding hydrogens is 414 g/mol. The van der Waals surface area contributed by atoms with Crippen molar-refractivity contribution in [2.45, 2.75) is 45.9 Å². The van der Waals surface area contributed by atoms with Crippen molar-refractivity contribution in [2.75, 3.05) is 12.3 Å². The van der Waals surface area contributed by atoms with Gasteiger partial charge in [-0.1, -0.05) is 12.1 Å². The van der Waals surface area contributed by atoms with Gasteiger partial charge in [-0.05, 0) is 50.5 Å². The van der Waals surface area contributed by atoms with Gasteiger partial charge in [-0.2, -0.15) is 0 Å². The van der Waals surface area contributed by atoms with Gasteiger partial charge in [-0.25, -0.2) is 14.8 Å². The number of hydrogen-bond donors (Lipinski definition) is 2. The van der Waals surface area contributed by atoms with Crippen LogP contribution in [0.1, 0.15) is 47.1 Å². The summed E-state index contributed by atoms with van der Waals surface area (Å²) in [5.41, 5.74) is 8.16. The lowest BCUT2D eigenvalue weighted by Gasteiger charge is -2.27. The fraction of sp³-hybridized carbons (Fsp3) is 0.364. The maximum Gasteiger partial charge on any atom is 0.407 e. The molecule has 0 unspecified atom stereocenters. The molecule has 3 heterocycles. The van der Waals surface area contributed by atoms with Gasteiger partial charge >= 0.3 is 6.09 Å². The Bertz CT molecular complexity index is 1130. The molecule has 1 aliphatic heterocycles. The molecule has 0 fully saturated rings. The predicted molar refractivity (Wildman–Crippen MR) is 120 cm³/mol. The molecular formula is C22H25N5O3S. The summed E-state index contributed by atoms with van der Waals surface area (Å²) in [7, 11) is 0. The molecule has 0 spiro atoms. The Morgan fingerprint density at radius 1 is 1.23 bits per heavy atom. The van der Waals surface area contributed by atoms with Gasteiger partial charge in [0, 0.05) is 23.5 Å². The molecule has 2 amide bonds. The molecule has 3 N–H and O–H groups in total. The quantitative estimate of drug-likeness (QED) is 0.646. The number of benzene rings is 1. The van der Waals surface area contributed by atoms with Crippen LogP contribution in [-0.2, 0) is 24.2 Å². The number of nitrogens with two attached hydrogens (primary N) is 1. The molecule has 2 aromatic heterocycles. The summed E-state index contributed by atoms with van der Waals surface area (Å²) in [6.45, 7) is 6.94. The van der Waals surface area contributed by atoms with Crippen molar-refractivity contribution in [2.24, 2.45) is 0 Å². The van der Waals surface area contributed by atoms with E-state index in [2.05, 4.69) is 15.3 Å². The van der Waals surface area contributed by atoms with Gasteiger partial charge in [0.15, 0.2) is 0 Å². The minimum atomic E-state index is -0.540. The highest BCUT2D eigenvalue weighted by molar-refractivity contribution is 7.19. The van der Waals surface area contributed by atoms with Crippen LogP contribution in [0.15, 0.2) is 30.6 Å². The van der Waals surface area contributed by atoms with Crippen LogP contribution in [0.25, 0.3) is 10.2 Å². The van der Waals surface area contributed by atoms with E-state index >= 15 is 0 Å². The highest BCUT2D eigenvalue weighted by Gasteiger charge is 2.26. The van der Waals surface area contributed by atoms with Gasteiger partial charge < -0.3 is 20.7 Å². The van der Waals surface area contributed by atoms with Crippen LogP contribution < -0.4 is 11.1 Å². The number of nitrogens with one attached hydrogen (secondary N) is 1.